The number of benzene rings is 2. The Labute approximate surface area is 189 Å². The van der Waals surface area contributed by atoms with Gasteiger partial charge in [-0.15, -0.1) is 24.0 Å². The van der Waals surface area contributed by atoms with Gasteiger partial charge in [0.25, 0.3) is 0 Å². The van der Waals surface area contributed by atoms with E-state index in [2.05, 4.69) is 10.3 Å². The summed E-state index contributed by atoms with van der Waals surface area (Å²) in [5.74, 6) is 1.32. The number of ether oxygens (including phenoxy) is 1. The lowest BCUT2D eigenvalue weighted by molar-refractivity contribution is 0.279. The van der Waals surface area contributed by atoms with Crippen LogP contribution in [0.4, 0.5) is 5.69 Å². The molecule has 0 spiro atoms. The predicted octanol–water partition coefficient (Wildman–Crippen LogP) is 3.14. The first-order chi connectivity index (χ1) is 13.5. The molecule has 0 aromatic heterocycles. The van der Waals surface area contributed by atoms with Gasteiger partial charge in [-0.05, 0) is 43.0 Å². The molecule has 1 saturated heterocycles. The number of anilines is 1. The molecule has 9 heteroatoms. The lowest BCUT2D eigenvalue weighted by Crippen LogP contribution is -2.39. The molecule has 1 aliphatic rings. The van der Waals surface area contributed by atoms with E-state index in [0.29, 0.717) is 42.2 Å². The van der Waals surface area contributed by atoms with Crippen LogP contribution in [0.5, 0.6) is 5.75 Å². The average molecular weight is 530 g/mol. The summed E-state index contributed by atoms with van der Waals surface area (Å²) in [5.41, 5.74) is 6.76. The van der Waals surface area contributed by atoms with E-state index in [1.165, 1.54) is 0 Å². The number of guanidine groups is 1. The second-order valence-electron chi connectivity index (χ2n) is 6.71. The first-order valence-electron chi connectivity index (χ1n) is 9.26. The molecule has 0 unspecified atom stereocenters. The summed E-state index contributed by atoms with van der Waals surface area (Å²) in [7, 11) is -1.82. The minimum absolute atomic E-state index is 0. The van der Waals surface area contributed by atoms with Crippen LogP contribution in [0.25, 0.3) is 0 Å². The number of para-hydroxylation sites is 2. The molecule has 0 atom stereocenters. The molecular formula is C20H27IN4O3S. The molecule has 1 heterocycles. The van der Waals surface area contributed by atoms with Crippen LogP contribution in [0.1, 0.15) is 12.8 Å². The molecule has 1 fully saturated rings. The van der Waals surface area contributed by atoms with E-state index in [4.69, 9.17) is 10.5 Å². The number of aliphatic imine (C=N–C) groups is 1. The molecule has 1 aliphatic heterocycles. The van der Waals surface area contributed by atoms with Crippen molar-refractivity contribution in [2.75, 3.05) is 32.1 Å². The monoisotopic (exact) mass is 530 g/mol. The number of rotatable bonds is 6. The number of hydrogen-bond donors (Lipinski definition) is 2. The number of sulfonamides is 1. The first-order valence-corrected chi connectivity index (χ1v) is 10.7. The van der Waals surface area contributed by atoms with Crippen LogP contribution in [0.2, 0.25) is 0 Å². The number of piperidine rings is 1. The summed E-state index contributed by atoms with van der Waals surface area (Å²) < 4.78 is 32.2. The zero-order valence-corrected chi connectivity index (χ0v) is 19.5. The fourth-order valence-electron chi connectivity index (χ4n) is 3.23. The average Bonchev–Trinajstić information content (AvgIpc) is 2.73. The number of methoxy groups -OCH3 is 1. The van der Waals surface area contributed by atoms with Gasteiger partial charge in [-0.1, -0.05) is 30.3 Å². The fourth-order valence-corrected chi connectivity index (χ4v) is 4.72. The zero-order chi connectivity index (χ0) is 20.0. The van der Waals surface area contributed by atoms with Gasteiger partial charge >= 0.3 is 0 Å². The van der Waals surface area contributed by atoms with E-state index in [1.807, 2.05) is 30.3 Å². The maximum absolute atomic E-state index is 12.7. The molecule has 3 rings (SSSR count). The minimum Gasteiger partial charge on any atom is -0.495 e. The van der Waals surface area contributed by atoms with E-state index < -0.39 is 10.0 Å². The highest BCUT2D eigenvalue weighted by molar-refractivity contribution is 14.0. The second-order valence-corrected chi connectivity index (χ2v) is 8.65. The molecular weight excluding hydrogens is 503 g/mol. The molecule has 158 valence electrons. The molecule has 0 saturated carbocycles. The van der Waals surface area contributed by atoms with Gasteiger partial charge in [0, 0.05) is 19.6 Å². The van der Waals surface area contributed by atoms with E-state index in [1.54, 1.807) is 35.7 Å². The Kier molecular flexibility index (Phi) is 8.72. The minimum atomic E-state index is -3.42. The molecule has 0 amide bonds. The number of nitrogens with one attached hydrogen (secondary N) is 1. The van der Waals surface area contributed by atoms with Crippen molar-refractivity contribution < 1.29 is 13.2 Å². The Morgan fingerprint density at radius 2 is 1.76 bits per heavy atom. The van der Waals surface area contributed by atoms with Gasteiger partial charge in [-0.3, -0.25) is 4.99 Å². The van der Waals surface area contributed by atoms with Crippen molar-refractivity contribution in [2.24, 2.45) is 16.6 Å². The number of nitrogens with two attached hydrogens (primary N) is 1. The molecule has 0 aliphatic carbocycles. The van der Waals surface area contributed by atoms with E-state index in [0.717, 1.165) is 18.5 Å². The van der Waals surface area contributed by atoms with Crippen LogP contribution < -0.4 is 15.8 Å². The molecule has 0 radical (unpaired) electrons. The van der Waals surface area contributed by atoms with Crippen molar-refractivity contribution in [2.45, 2.75) is 17.7 Å². The Morgan fingerprint density at radius 3 is 2.41 bits per heavy atom. The van der Waals surface area contributed by atoms with Gasteiger partial charge in [-0.2, -0.15) is 4.31 Å². The SMILES string of the molecule is COc1ccccc1NC(N)=NCC1CCN(S(=O)(=O)c2ccccc2)CC1.I. The van der Waals surface area contributed by atoms with Crippen LogP contribution >= 0.6 is 24.0 Å². The fraction of sp³-hybridized carbons (Fsp3) is 0.350. The molecule has 2 aromatic rings. The third kappa shape index (κ3) is 6.06. The van der Waals surface area contributed by atoms with Crippen molar-refractivity contribution in [3.63, 3.8) is 0 Å². The largest absolute Gasteiger partial charge is 0.495 e. The lowest BCUT2D eigenvalue weighted by atomic mass is 9.98. The summed E-state index contributed by atoms with van der Waals surface area (Å²) in [6, 6.07) is 16.1. The van der Waals surface area contributed by atoms with Crippen LogP contribution in [-0.4, -0.2) is 45.4 Å². The molecule has 7 nitrogen and oxygen atoms in total. The Hall–Kier alpha value is -1.85. The van der Waals surface area contributed by atoms with Crippen molar-refractivity contribution in [1.82, 2.24) is 4.31 Å². The van der Waals surface area contributed by atoms with Crippen LogP contribution in [-0.2, 0) is 10.0 Å². The quantitative estimate of drug-likeness (QED) is 0.340. The summed E-state index contributed by atoms with van der Waals surface area (Å²) in [5, 5.41) is 3.05. The third-order valence-corrected chi connectivity index (χ3v) is 6.76. The van der Waals surface area contributed by atoms with Crippen LogP contribution in [0, 0.1) is 5.92 Å². The lowest BCUT2D eigenvalue weighted by Gasteiger charge is -2.30. The third-order valence-electron chi connectivity index (χ3n) is 4.84. The Morgan fingerprint density at radius 1 is 1.14 bits per heavy atom. The maximum Gasteiger partial charge on any atom is 0.243 e. The predicted molar refractivity (Wildman–Crippen MR) is 126 cm³/mol. The molecule has 2 aromatic carbocycles. The van der Waals surface area contributed by atoms with Crippen LogP contribution in [0.3, 0.4) is 0 Å². The van der Waals surface area contributed by atoms with Crippen molar-refractivity contribution in [3.05, 3.63) is 54.6 Å². The summed E-state index contributed by atoms with van der Waals surface area (Å²) in [4.78, 5) is 4.77. The van der Waals surface area contributed by atoms with Gasteiger partial charge in [0.05, 0.1) is 17.7 Å². The Balaban J connectivity index is 0.00000300. The van der Waals surface area contributed by atoms with Crippen LogP contribution in [0.15, 0.2) is 64.5 Å². The van der Waals surface area contributed by atoms with Crippen molar-refractivity contribution in [1.29, 1.82) is 0 Å². The topological polar surface area (TPSA) is 97.0 Å². The highest BCUT2D eigenvalue weighted by atomic mass is 127. The first kappa shape index (κ1) is 23.4. The normalized spacial score (nSPS) is 16.1. The molecule has 0 bridgehead atoms. The van der Waals surface area contributed by atoms with Gasteiger partial charge in [0.15, 0.2) is 5.96 Å². The summed E-state index contributed by atoms with van der Waals surface area (Å²) in [6.45, 7) is 1.56. The van der Waals surface area contributed by atoms with E-state index in [9.17, 15) is 8.42 Å². The summed E-state index contributed by atoms with van der Waals surface area (Å²) in [6.07, 6.45) is 1.52. The van der Waals surface area contributed by atoms with Gasteiger partial charge in [-0.25, -0.2) is 8.42 Å². The van der Waals surface area contributed by atoms with Gasteiger partial charge in [0.2, 0.25) is 10.0 Å². The summed E-state index contributed by atoms with van der Waals surface area (Å²) >= 11 is 0. The van der Waals surface area contributed by atoms with Gasteiger partial charge < -0.3 is 15.8 Å². The van der Waals surface area contributed by atoms with E-state index in [-0.39, 0.29) is 24.0 Å². The highest BCUT2D eigenvalue weighted by Gasteiger charge is 2.29. The highest BCUT2D eigenvalue weighted by Crippen LogP contribution is 2.25. The smallest absolute Gasteiger partial charge is 0.243 e. The second kappa shape index (κ2) is 10.8. The Bertz CT molecular complexity index is 914. The van der Waals surface area contributed by atoms with Crippen molar-refractivity contribution in [3.8, 4) is 5.75 Å². The number of nitrogens with zero attached hydrogens (tertiary/aromatic N) is 2. The van der Waals surface area contributed by atoms with Gasteiger partial charge in [0.1, 0.15) is 5.75 Å². The molecule has 3 N–H and O–H groups in total. The van der Waals surface area contributed by atoms with E-state index >= 15 is 0 Å². The zero-order valence-electron chi connectivity index (χ0n) is 16.3. The molecule has 29 heavy (non-hydrogen) atoms. The number of hydrogen-bond acceptors (Lipinski definition) is 4. The number of halogens is 1. The maximum atomic E-state index is 12.7. The standard InChI is InChI=1S/C20H26N4O3S.HI/c1-27-19-10-6-5-9-18(19)23-20(21)22-15-16-11-13-24(14-12-16)28(25,26)17-7-3-2-4-8-17;/h2-10,16H,11-15H2,1H3,(H3,21,22,23);1H. The van der Waals surface area contributed by atoms with Crippen molar-refractivity contribution >= 4 is 45.6 Å².